The Morgan fingerprint density at radius 2 is 1.97 bits per heavy atom. The summed E-state index contributed by atoms with van der Waals surface area (Å²) in [5.74, 6) is 6.09. The lowest BCUT2D eigenvalue weighted by Crippen LogP contribution is -2.05. The molecule has 0 unspecified atom stereocenters. The predicted molar refractivity (Wildman–Crippen MR) is 144 cm³/mol. The summed E-state index contributed by atoms with van der Waals surface area (Å²) in [6, 6.07) is 17.7. The van der Waals surface area contributed by atoms with Crippen molar-refractivity contribution >= 4 is 40.2 Å². The number of anilines is 2. The van der Waals surface area contributed by atoms with E-state index < -0.39 is 0 Å². The normalized spacial score (nSPS) is 10.9. The highest BCUT2D eigenvalue weighted by atomic mass is 16.1. The van der Waals surface area contributed by atoms with Gasteiger partial charge in [0.05, 0.1) is 23.4 Å². The highest BCUT2D eigenvalue weighted by Crippen LogP contribution is 2.26. The van der Waals surface area contributed by atoms with E-state index in [1.54, 1.807) is 0 Å². The molecule has 0 aliphatic heterocycles. The number of H-pyrrole nitrogens is 1. The number of para-hydroxylation sites is 1. The van der Waals surface area contributed by atoms with Crippen LogP contribution in [0.25, 0.3) is 23.1 Å². The Hall–Kier alpha value is -4.21. The highest BCUT2D eigenvalue weighted by Gasteiger charge is 2.11. The Morgan fingerprint density at radius 1 is 1.09 bits per heavy atom. The second-order valence-corrected chi connectivity index (χ2v) is 8.12. The van der Waals surface area contributed by atoms with Gasteiger partial charge < -0.3 is 10.6 Å². The number of hydrogen-bond donors (Lipinski definition) is 3. The second kappa shape index (κ2) is 11.8. The van der Waals surface area contributed by atoms with Gasteiger partial charge >= 0.3 is 0 Å². The molecule has 0 spiro atoms. The third-order valence-corrected chi connectivity index (χ3v) is 5.63. The first kappa shape index (κ1) is 23.9. The van der Waals surface area contributed by atoms with Crippen LogP contribution in [0.1, 0.15) is 47.1 Å². The summed E-state index contributed by atoms with van der Waals surface area (Å²) in [5, 5.41) is 15.0. The molecule has 4 rings (SSSR count). The van der Waals surface area contributed by atoms with Gasteiger partial charge in [0.2, 0.25) is 0 Å². The zero-order valence-electron chi connectivity index (χ0n) is 20.1. The summed E-state index contributed by atoms with van der Waals surface area (Å²) in [4.78, 5) is 17.2. The molecule has 0 atom stereocenters. The van der Waals surface area contributed by atoms with E-state index in [0.717, 1.165) is 40.1 Å². The average molecular weight is 464 g/mol. The Bertz CT molecular complexity index is 1410. The number of nitrogens with zero attached hydrogens (tertiary/aromatic N) is 2. The molecule has 0 bridgehead atoms. The molecule has 35 heavy (non-hydrogen) atoms. The van der Waals surface area contributed by atoms with Gasteiger partial charge in [-0.2, -0.15) is 5.10 Å². The van der Waals surface area contributed by atoms with Gasteiger partial charge in [0.15, 0.2) is 5.78 Å². The van der Waals surface area contributed by atoms with Gasteiger partial charge in [0.1, 0.15) is 0 Å². The maximum absolute atomic E-state index is 12.8. The Labute approximate surface area is 205 Å². The molecule has 0 saturated heterocycles. The lowest BCUT2D eigenvalue weighted by molar-refractivity contribution is 0.0985. The van der Waals surface area contributed by atoms with Crippen LogP contribution in [0.3, 0.4) is 0 Å². The van der Waals surface area contributed by atoms with Crippen LogP contribution in [0.5, 0.6) is 0 Å². The summed E-state index contributed by atoms with van der Waals surface area (Å²) in [7, 11) is 1.85. The summed E-state index contributed by atoms with van der Waals surface area (Å²) in [6.45, 7) is 2.76. The number of ketones is 1. The van der Waals surface area contributed by atoms with E-state index in [0.29, 0.717) is 24.9 Å². The van der Waals surface area contributed by atoms with Crippen molar-refractivity contribution in [1.29, 1.82) is 0 Å². The van der Waals surface area contributed by atoms with Crippen LogP contribution in [0, 0.1) is 11.8 Å². The molecule has 6 heteroatoms. The third-order valence-electron chi connectivity index (χ3n) is 5.63. The first-order chi connectivity index (χ1) is 17.2. The first-order valence-corrected chi connectivity index (χ1v) is 11.8. The number of Topliss-reactive ketones (excluding diaryl/α,β-unsaturated/α-hetero) is 1. The first-order valence-electron chi connectivity index (χ1n) is 11.8. The number of pyridine rings is 1. The van der Waals surface area contributed by atoms with Crippen LogP contribution in [-0.2, 0) is 6.42 Å². The van der Waals surface area contributed by atoms with Gasteiger partial charge in [-0.3, -0.25) is 14.9 Å². The van der Waals surface area contributed by atoms with Crippen molar-refractivity contribution in [2.45, 2.75) is 26.2 Å². The van der Waals surface area contributed by atoms with Crippen LogP contribution in [-0.4, -0.2) is 34.6 Å². The molecule has 0 radical (unpaired) electrons. The summed E-state index contributed by atoms with van der Waals surface area (Å²) >= 11 is 0. The SMILES string of the molecule is CCc1ccnc(/C=C/c2n[nH]c3cc(Nc4ccccc4C(=O)CCC#CCNC)ccc23)c1. The van der Waals surface area contributed by atoms with Crippen LogP contribution in [0.15, 0.2) is 60.8 Å². The Kier molecular flexibility index (Phi) is 8.05. The lowest BCUT2D eigenvalue weighted by atomic mass is 10.0. The number of hydrogen-bond acceptors (Lipinski definition) is 5. The fraction of sp³-hybridized carbons (Fsp3) is 0.207. The number of aromatic nitrogens is 3. The van der Waals surface area contributed by atoms with E-state index in [9.17, 15) is 4.79 Å². The number of aromatic amines is 1. The summed E-state index contributed by atoms with van der Waals surface area (Å²) in [6.07, 6.45) is 7.69. The van der Waals surface area contributed by atoms with E-state index in [1.807, 2.05) is 73.9 Å². The second-order valence-electron chi connectivity index (χ2n) is 8.12. The molecule has 6 nitrogen and oxygen atoms in total. The molecular formula is C29H29N5O. The molecular weight excluding hydrogens is 434 g/mol. The van der Waals surface area contributed by atoms with E-state index in [4.69, 9.17) is 0 Å². The standard InChI is InChI=1S/C29H29N5O/c1-3-21-16-18-31-22(19-21)13-15-27-24-14-12-23(20-28(24)34-33-27)32-26-10-7-6-9-25(26)29(35)11-5-4-8-17-30-2/h6-7,9-10,12-16,18-20,30,32H,3,5,11,17H2,1-2H3,(H,33,34)/b15-13+. The van der Waals surface area contributed by atoms with Crippen molar-refractivity contribution < 1.29 is 4.79 Å². The Morgan fingerprint density at radius 3 is 2.83 bits per heavy atom. The molecule has 0 fully saturated rings. The molecule has 3 N–H and O–H groups in total. The number of carbonyl (C=O) groups is 1. The van der Waals surface area contributed by atoms with Crippen LogP contribution in [0.4, 0.5) is 11.4 Å². The quantitative estimate of drug-likeness (QED) is 0.222. The lowest BCUT2D eigenvalue weighted by Gasteiger charge is -2.11. The van der Waals surface area contributed by atoms with Crippen LogP contribution < -0.4 is 10.6 Å². The van der Waals surface area contributed by atoms with Gasteiger partial charge in [-0.05, 0) is 73.6 Å². The predicted octanol–water partition coefficient (Wildman–Crippen LogP) is 5.62. The topological polar surface area (TPSA) is 82.7 Å². The molecule has 2 aromatic carbocycles. The van der Waals surface area contributed by atoms with Crippen molar-refractivity contribution in [1.82, 2.24) is 20.5 Å². The van der Waals surface area contributed by atoms with Crippen LogP contribution in [0.2, 0.25) is 0 Å². The number of rotatable bonds is 9. The average Bonchev–Trinajstić information content (AvgIpc) is 3.30. The molecule has 4 aromatic rings. The van der Waals surface area contributed by atoms with Crippen molar-refractivity contribution in [3.63, 3.8) is 0 Å². The van der Waals surface area contributed by atoms with Crippen molar-refractivity contribution in [2.24, 2.45) is 0 Å². The number of aryl methyl sites for hydroxylation is 1. The zero-order valence-corrected chi connectivity index (χ0v) is 20.1. The third kappa shape index (κ3) is 6.23. The Balaban J connectivity index is 1.49. The highest BCUT2D eigenvalue weighted by molar-refractivity contribution is 6.02. The maximum Gasteiger partial charge on any atom is 0.165 e. The molecule has 0 aliphatic carbocycles. The fourth-order valence-electron chi connectivity index (χ4n) is 3.76. The van der Waals surface area contributed by atoms with E-state index in [-0.39, 0.29) is 5.78 Å². The molecule has 0 amide bonds. The number of nitrogens with one attached hydrogen (secondary N) is 3. The zero-order chi connectivity index (χ0) is 24.5. The molecule has 176 valence electrons. The van der Waals surface area contributed by atoms with E-state index in [2.05, 4.69) is 50.6 Å². The number of fused-ring (bicyclic) bond motifs is 1. The monoisotopic (exact) mass is 463 g/mol. The summed E-state index contributed by atoms with van der Waals surface area (Å²) in [5.41, 5.74) is 6.25. The van der Waals surface area contributed by atoms with E-state index >= 15 is 0 Å². The van der Waals surface area contributed by atoms with Gasteiger partial charge in [0.25, 0.3) is 0 Å². The van der Waals surface area contributed by atoms with Crippen molar-refractivity contribution in [2.75, 3.05) is 18.9 Å². The number of benzene rings is 2. The van der Waals surface area contributed by atoms with E-state index in [1.165, 1.54) is 5.56 Å². The van der Waals surface area contributed by atoms with Crippen molar-refractivity contribution in [3.05, 3.63) is 83.3 Å². The van der Waals surface area contributed by atoms with Gasteiger partial charge in [0, 0.05) is 41.4 Å². The molecule has 2 heterocycles. The van der Waals surface area contributed by atoms with Gasteiger partial charge in [-0.25, -0.2) is 0 Å². The maximum atomic E-state index is 12.8. The van der Waals surface area contributed by atoms with Gasteiger partial charge in [-0.15, -0.1) is 5.92 Å². The smallest absolute Gasteiger partial charge is 0.165 e. The largest absolute Gasteiger partial charge is 0.355 e. The fourth-order valence-corrected chi connectivity index (χ4v) is 3.76. The summed E-state index contributed by atoms with van der Waals surface area (Å²) < 4.78 is 0. The molecule has 0 saturated carbocycles. The molecule has 0 aliphatic rings. The minimum Gasteiger partial charge on any atom is -0.355 e. The molecule has 2 aromatic heterocycles. The minimum absolute atomic E-state index is 0.0719. The van der Waals surface area contributed by atoms with Gasteiger partial charge in [-0.1, -0.05) is 25.0 Å². The van der Waals surface area contributed by atoms with Crippen LogP contribution >= 0.6 is 0 Å². The minimum atomic E-state index is 0.0719. The van der Waals surface area contributed by atoms with Crippen molar-refractivity contribution in [3.8, 4) is 11.8 Å². The number of carbonyl (C=O) groups excluding carboxylic acids is 1.